The number of methoxy groups -OCH3 is 1. The van der Waals surface area contributed by atoms with E-state index in [-0.39, 0.29) is 17.3 Å². The number of Topliss-reactive ketones (excluding diaryl/α,β-unsaturated/α-hetero) is 1. The first-order valence-electron chi connectivity index (χ1n) is 11.4. The molecule has 0 aliphatic carbocycles. The van der Waals surface area contributed by atoms with Gasteiger partial charge < -0.3 is 9.84 Å². The van der Waals surface area contributed by atoms with E-state index >= 15 is 0 Å². The molecule has 5 nitrogen and oxygen atoms in total. The minimum Gasteiger partial charge on any atom is -0.507 e. The highest BCUT2D eigenvalue weighted by atomic mass is 16.5. The van der Waals surface area contributed by atoms with Gasteiger partial charge in [0, 0.05) is 11.3 Å². The van der Waals surface area contributed by atoms with Gasteiger partial charge in [-0.05, 0) is 60.7 Å². The van der Waals surface area contributed by atoms with Crippen molar-refractivity contribution in [2.75, 3.05) is 12.0 Å². The van der Waals surface area contributed by atoms with Crippen LogP contribution in [0.2, 0.25) is 0 Å². The average Bonchev–Trinajstić information content (AvgIpc) is 3.09. The Labute approximate surface area is 200 Å². The Kier molecular flexibility index (Phi) is 6.29. The molecule has 1 unspecified atom stereocenters. The molecule has 1 fully saturated rings. The Bertz CT molecular complexity index is 1290. The lowest BCUT2D eigenvalue weighted by Gasteiger charge is -2.27. The molecule has 174 valence electrons. The van der Waals surface area contributed by atoms with E-state index in [1.165, 1.54) is 4.90 Å². The first-order valence-corrected chi connectivity index (χ1v) is 11.4. The first-order chi connectivity index (χ1) is 16.2. The van der Waals surface area contributed by atoms with Gasteiger partial charge in [0.15, 0.2) is 0 Å². The number of amides is 1. The third-order valence-electron chi connectivity index (χ3n) is 6.30. The lowest BCUT2D eigenvalue weighted by molar-refractivity contribution is -0.132. The lowest BCUT2D eigenvalue weighted by atomic mass is 9.93. The molecular formula is C29H29NO4. The predicted octanol–water partition coefficient (Wildman–Crippen LogP) is 6.06. The molecule has 0 radical (unpaired) electrons. The van der Waals surface area contributed by atoms with Gasteiger partial charge in [-0.25, -0.2) is 0 Å². The fourth-order valence-electron chi connectivity index (χ4n) is 4.60. The number of carbonyl (C=O) groups is 2. The fourth-order valence-corrected chi connectivity index (χ4v) is 4.60. The van der Waals surface area contributed by atoms with E-state index in [2.05, 4.69) is 0 Å². The minimum absolute atomic E-state index is 0.0797. The van der Waals surface area contributed by atoms with Crippen LogP contribution in [0.25, 0.3) is 5.76 Å². The lowest BCUT2D eigenvalue weighted by Crippen LogP contribution is -2.30. The number of carbonyl (C=O) groups excluding carboxylic acids is 2. The van der Waals surface area contributed by atoms with Crippen LogP contribution >= 0.6 is 0 Å². The standard InChI is InChI=1S/C29H29NO4/c1-17(2)22-16-21(12-14-24(22)34-5)27(31)25-26(20-9-7-6-8-10-20)30(29(33)28(25)32)23-13-11-18(3)15-19(23)4/h6-17,26,31H,1-5H3/b27-25-. The minimum atomic E-state index is -0.743. The Morgan fingerprint density at radius 3 is 2.29 bits per heavy atom. The highest BCUT2D eigenvalue weighted by molar-refractivity contribution is 6.51. The molecule has 1 aliphatic heterocycles. The van der Waals surface area contributed by atoms with Crippen LogP contribution in [-0.2, 0) is 9.59 Å². The van der Waals surface area contributed by atoms with Crippen molar-refractivity contribution in [1.82, 2.24) is 0 Å². The van der Waals surface area contributed by atoms with Crippen molar-refractivity contribution in [2.24, 2.45) is 0 Å². The predicted molar refractivity (Wildman–Crippen MR) is 134 cm³/mol. The molecule has 1 N–H and O–H groups in total. The molecular weight excluding hydrogens is 426 g/mol. The van der Waals surface area contributed by atoms with Crippen LogP contribution < -0.4 is 9.64 Å². The van der Waals surface area contributed by atoms with Gasteiger partial charge in [0.05, 0.1) is 18.7 Å². The van der Waals surface area contributed by atoms with E-state index in [1.807, 2.05) is 82.3 Å². The molecule has 1 heterocycles. The molecule has 1 aliphatic rings. The van der Waals surface area contributed by atoms with Gasteiger partial charge >= 0.3 is 0 Å². The van der Waals surface area contributed by atoms with E-state index < -0.39 is 17.7 Å². The maximum Gasteiger partial charge on any atom is 0.300 e. The van der Waals surface area contributed by atoms with Crippen molar-refractivity contribution in [2.45, 2.75) is 39.7 Å². The third-order valence-corrected chi connectivity index (χ3v) is 6.30. The van der Waals surface area contributed by atoms with E-state index in [1.54, 1.807) is 19.2 Å². The Hall–Kier alpha value is -3.86. The van der Waals surface area contributed by atoms with Gasteiger partial charge in [-0.1, -0.05) is 61.9 Å². The third kappa shape index (κ3) is 3.98. The zero-order valence-corrected chi connectivity index (χ0v) is 20.1. The zero-order valence-electron chi connectivity index (χ0n) is 20.1. The highest BCUT2D eigenvalue weighted by Crippen LogP contribution is 2.43. The number of aliphatic hydroxyl groups is 1. The summed E-state index contributed by atoms with van der Waals surface area (Å²) in [6, 6.07) is 19.7. The molecule has 0 bridgehead atoms. The van der Waals surface area contributed by atoms with Gasteiger partial charge in [-0.15, -0.1) is 0 Å². The number of benzene rings is 3. The summed E-state index contributed by atoms with van der Waals surface area (Å²) in [5.41, 5.74) is 4.81. The van der Waals surface area contributed by atoms with Gasteiger partial charge in [0.25, 0.3) is 11.7 Å². The van der Waals surface area contributed by atoms with Crippen LogP contribution in [-0.4, -0.2) is 23.9 Å². The van der Waals surface area contributed by atoms with Crippen LogP contribution in [0.15, 0.2) is 72.3 Å². The van der Waals surface area contributed by atoms with Crippen LogP contribution in [0, 0.1) is 13.8 Å². The number of hydrogen-bond donors (Lipinski definition) is 1. The summed E-state index contributed by atoms with van der Waals surface area (Å²) < 4.78 is 5.47. The van der Waals surface area contributed by atoms with Crippen LogP contribution in [0.3, 0.4) is 0 Å². The maximum atomic E-state index is 13.4. The quantitative estimate of drug-likeness (QED) is 0.288. The first kappa shape index (κ1) is 23.3. The molecule has 4 rings (SSSR count). The smallest absolute Gasteiger partial charge is 0.300 e. The van der Waals surface area contributed by atoms with E-state index in [0.717, 1.165) is 22.3 Å². The van der Waals surface area contributed by atoms with Gasteiger partial charge in [-0.3, -0.25) is 14.5 Å². The number of ketones is 1. The van der Waals surface area contributed by atoms with Crippen LogP contribution in [0.4, 0.5) is 5.69 Å². The van der Waals surface area contributed by atoms with E-state index in [0.29, 0.717) is 17.0 Å². The number of ether oxygens (including phenoxy) is 1. The van der Waals surface area contributed by atoms with Crippen molar-refractivity contribution >= 4 is 23.1 Å². The molecule has 34 heavy (non-hydrogen) atoms. The summed E-state index contributed by atoms with van der Waals surface area (Å²) in [5, 5.41) is 11.4. The summed E-state index contributed by atoms with van der Waals surface area (Å²) in [6.07, 6.45) is 0. The van der Waals surface area contributed by atoms with Crippen molar-refractivity contribution < 1.29 is 19.4 Å². The van der Waals surface area contributed by atoms with Crippen LogP contribution in [0.5, 0.6) is 5.75 Å². The molecule has 1 amide bonds. The number of hydrogen-bond acceptors (Lipinski definition) is 4. The van der Waals surface area contributed by atoms with Crippen molar-refractivity contribution in [3.05, 3.63) is 100 Å². The Morgan fingerprint density at radius 1 is 0.971 bits per heavy atom. The number of anilines is 1. The second kappa shape index (κ2) is 9.18. The fraction of sp³-hybridized carbons (Fsp3) is 0.241. The topological polar surface area (TPSA) is 66.8 Å². The van der Waals surface area contributed by atoms with Crippen molar-refractivity contribution in [3.63, 3.8) is 0 Å². The zero-order chi connectivity index (χ0) is 24.6. The number of nitrogens with zero attached hydrogens (tertiary/aromatic N) is 1. The van der Waals surface area contributed by atoms with Gasteiger partial charge in [0.2, 0.25) is 0 Å². The van der Waals surface area contributed by atoms with Crippen molar-refractivity contribution in [3.8, 4) is 5.75 Å². The molecule has 1 saturated heterocycles. The maximum absolute atomic E-state index is 13.4. The summed E-state index contributed by atoms with van der Waals surface area (Å²) in [5.74, 6) is -0.690. The SMILES string of the molecule is COc1ccc(/C(O)=C2/C(=O)C(=O)N(c3ccc(C)cc3C)C2c2ccccc2)cc1C(C)C. The highest BCUT2D eigenvalue weighted by Gasteiger charge is 2.47. The average molecular weight is 456 g/mol. The second-order valence-corrected chi connectivity index (χ2v) is 8.98. The molecule has 5 heteroatoms. The normalized spacial score (nSPS) is 17.5. The number of aliphatic hydroxyl groups excluding tert-OH is 1. The summed E-state index contributed by atoms with van der Waals surface area (Å²) in [4.78, 5) is 28.2. The van der Waals surface area contributed by atoms with E-state index in [9.17, 15) is 14.7 Å². The van der Waals surface area contributed by atoms with Gasteiger partial charge in [-0.2, -0.15) is 0 Å². The summed E-state index contributed by atoms with van der Waals surface area (Å²) in [7, 11) is 1.60. The summed E-state index contributed by atoms with van der Waals surface area (Å²) in [6.45, 7) is 7.97. The number of rotatable bonds is 5. The molecule has 1 atom stereocenters. The summed E-state index contributed by atoms with van der Waals surface area (Å²) >= 11 is 0. The number of aryl methyl sites for hydroxylation is 2. The molecule has 3 aromatic carbocycles. The van der Waals surface area contributed by atoms with Gasteiger partial charge in [0.1, 0.15) is 11.5 Å². The molecule has 0 spiro atoms. The van der Waals surface area contributed by atoms with Crippen molar-refractivity contribution in [1.29, 1.82) is 0 Å². The van der Waals surface area contributed by atoms with Crippen LogP contribution in [0.1, 0.15) is 53.6 Å². The Balaban J connectivity index is 1.95. The van der Waals surface area contributed by atoms with E-state index in [4.69, 9.17) is 4.74 Å². The Morgan fingerprint density at radius 2 is 1.68 bits per heavy atom. The molecule has 3 aromatic rings. The molecule has 0 aromatic heterocycles. The monoisotopic (exact) mass is 455 g/mol. The second-order valence-electron chi connectivity index (χ2n) is 8.98. The molecule has 0 saturated carbocycles. The largest absolute Gasteiger partial charge is 0.507 e.